The van der Waals surface area contributed by atoms with Crippen molar-refractivity contribution in [1.82, 2.24) is 4.98 Å². The van der Waals surface area contributed by atoms with Crippen molar-refractivity contribution in [1.29, 1.82) is 10.5 Å². The van der Waals surface area contributed by atoms with E-state index in [9.17, 15) is 0 Å². The van der Waals surface area contributed by atoms with Crippen LogP contribution in [0.15, 0.2) is 0 Å². The average Bonchev–Trinajstić information content (AvgIpc) is 2.26. The lowest BCUT2D eigenvalue weighted by Crippen LogP contribution is -2.07. The third-order valence-electron chi connectivity index (χ3n) is 2.33. The smallest absolute Gasteiger partial charge is 0.143 e. The van der Waals surface area contributed by atoms with Crippen molar-refractivity contribution >= 4 is 11.5 Å². The van der Waals surface area contributed by atoms with Gasteiger partial charge in [-0.15, -0.1) is 0 Å². The van der Waals surface area contributed by atoms with E-state index >= 15 is 0 Å². The normalized spacial score (nSPS) is 9.44. The number of aryl methyl sites for hydroxylation is 1. The molecular weight excluding hydrogens is 202 g/mol. The molecule has 1 heterocycles. The van der Waals surface area contributed by atoms with Gasteiger partial charge >= 0.3 is 0 Å². The van der Waals surface area contributed by atoms with Crippen LogP contribution in [0.1, 0.15) is 36.6 Å². The van der Waals surface area contributed by atoms with E-state index in [1.54, 1.807) is 0 Å². The van der Waals surface area contributed by atoms with Gasteiger partial charge in [-0.1, -0.05) is 13.3 Å². The quantitative estimate of drug-likeness (QED) is 0.789. The fraction of sp³-hybridized carbons (Fsp3) is 0.364. The van der Waals surface area contributed by atoms with Gasteiger partial charge in [-0.05, 0) is 12.8 Å². The van der Waals surface area contributed by atoms with Crippen molar-refractivity contribution in [2.75, 3.05) is 11.5 Å². The van der Waals surface area contributed by atoms with Crippen molar-refractivity contribution in [3.05, 3.63) is 16.8 Å². The molecule has 0 aliphatic rings. The summed E-state index contributed by atoms with van der Waals surface area (Å²) in [6.07, 6.45) is 2.55. The number of hydrogen-bond acceptors (Lipinski definition) is 5. The molecule has 5 nitrogen and oxygen atoms in total. The summed E-state index contributed by atoms with van der Waals surface area (Å²) in [4.78, 5) is 4.07. The van der Waals surface area contributed by atoms with Crippen LogP contribution in [0.25, 0.3) is 0 Å². The van der Waals surface area contributed by atoms with Crippen molar-refractivity contribution < 1.29 is 0 Å². The molecule has 0 saturated heterocycles. The highest BCUT2D eigenvalue weighted by atomic mass is 14.9. The first kappa shape index (κ1) is 11.8. The number of aromatic nitrogens is 1. The molecule has 1 aromatic rings. The maximum absolute atomic E-state index is 8.99. The monoisotopic (exact) mass is 215 g/mol. The number of rotatable bonds is 3. The number of nitriles is 2. The van der Waals surface area contributed by atoms with E-state index < -0.39 is 0 Å². The summed E-state index contributed by atoms with van der Waals surface area (Å²) in [6, 6.07) is 3.84. The van der Waals surface area contributed by atoms with Crippen LogP contribution in [0.5, 0.6) is 0 Å². The maximum atomic E-state index is 8.99. The molecule has 0 aliphatic heterocycles. The zero-order chi connectivity index (χ0) is 12.1. The number of pyridine rings is 1. The predicted molar refractivity (Wildman–Crippen MR) is 61.1 cm³/mol. The number of nitrogens with zero attached hydrogens (tertiary/aromatic N) is 3. The first-order valence-corrected chi connectivity index (χ1v) is 5.03. The number of anilines is 2. The van der Waals surface area contributed by atoms with Crippen LogP contribution >= 0.6 is 0 Å². The fourth-order valence-electron chi connectivity index (χ4n) is 1.44. The lowest BCUT2D eigenvalue weighted by atomic mass is 10.0. The summed E-state index contributed by atoms with van der Waals surface area (Å²) in [7, 11) is 0. The minimum atomic E-state index is 0.0943. The summed E-state index contributed by atoms with van der Waals surface area (Å²) in [5, 5.41) is 17.8. The van der Waals surface area contributed by atoms with Crippen molar-refractivity contribution in [2.45, 2.75) is 26.2 Å². The second-order valence-corrected chi connectivity index (χ2v) is 3.43. The molecule has 0 spiro atoms. The minimum absolute atomic E-state index is 0.0943. The predicted octanol–water partition coefficient (Wildman–Crippen LogP) is 1.33. The highest BCUT2D eigenvalue weighted by molar-refractivity contribution is 5.71. The zero-order valence-corrected chi connectivity index (χ0v) is 9.12. The third-order valence-corrected chi connectivity index (χ3v) is 2.33. The van der Waals surface area contributed by atoms with Gasteiger partial charge in [-0.25, -0.2) is 4.98 Å². The van der Waals surface area contributed by atoms with Crippen LogP contribution in [0.4, 0.5) is 11.5 Å². The summed E-state index contributed by atoms with van der Waals surface area (Å²) in [5.41, 5.74) is 12.4. The Morgan fingerprint density at radius 2 is 1.81 bits per heavy atom. The van der Waals surface area contributed by atoms with Gasteiger partial charge in [0.05, 0.1) is 16.9 Å². The van der Waals surface area contributed by atoms with Gasteiger partial charge in [0, 0.05) is 0 Å². The van der Waals surface area contributed by atoms with E-state index in [-0.39, 0.29) is 22.6 Å². The molecule has 0 radical (unpaired) electrons. The van der Waals surface area contributed by atoms with E-state index in [0.29, 0.717) is 12.1 Å². The van der Waals surface area contributed by atoms with Gasteiger partial charge in [-0.2, -0.15) is 10.5 Å². The second kappa shape index (κ2) is 4.99. The topological polar surface area (TPSA) is 113 Å². The molecule has 0 aliphatic carbocycles. The van der Waals surface area contributed by atoms with E-state index in [0.717, 1.165) is 12.8 Å². The number of hydrogen-bond donors (Lipinski definition) is 2. The Labute approximate surface area is 94.3 Å². The Bertz CT molecular complexity index is 479. The van der Waals surface area contributed by atoms with Crippen molar-refractivity contribution in [2.24, 2.45) is 0 Å². The molecule has 5 heteroatoms. The SMILES string of the molecule is CCCCc1nc(N)c(C#N)c(N)c1C#N. The van der Waals surface area contributed by atoms with Gasteiger partial charge < -0.3 is 11.5 Å². The Morgan fingerprint density at radius 3 is 2.31 bits per heavy atom. The third kappa shape index (κ3) is 2.04. The van der Waals surface area contributed by atoms with E-state index in [4.69, 9.17) is 22.0 Å². The number of unbranched alkanes of at least 4 members (excludes halogenated alkanes) is 1. The van der Waals surface area contributed by atoms with Crippen LogP contribution in [0, 0.1) is 22.7 Å². The molecule has 1 rings (SSSR count). The van der Waals surface area contributed by atoms with E-state index in [1.807, 2.05) is 19.1 Å². The van der Waals surface area contributed by atoms with Gasteiger partial charge in [0.25, 0.3) is 0 Å². The first-order chi connectivity index (χ1) is 7.65. The molecular formula is C11H13N5. The molecule has 0 amide bonds. The Morgan fingerprint density at radius 1 is 1.19 bits per heavy atom. The van der Waals surface area contributed by atoms with Gasteiger partial charge in [0.1, 0.15) is 23.5 Å². The van der Waals surface area contributed by atoms with Crippen LogP contribution < -0.4 is 11.5 Å². The maximum Gasteiger partial charge on any atom is 0.143 e. The summed E-state index contributed by atoms with van der Waals surface area (Å²) in [5.74, 6) is 0.102. The van der Waals surface area contributed by atoms with E-state index in [2.05, 4.69) is 4.98 Å². The summed E-state index contributed by atoms with van der Waals surface area (Å²) >= 11 is 0. The van der Waals surface area contributed by atoms with Crippen LogP contribution in [-0.4, -0.2) is 4.98 Å². The number of nitrogens with two attached hydrogens (primary N) is 2. The van der Waals surface area contributed by atoms with Crippen LogP contribution in [-0.2, 0) is 6.42 Å². The molecule has 16 heavy (non-hydrogen) atoms. The molecule has 0 aromatic carbocycles. The van der Waals surface area contributed by atoms with Crippen molar-refractivity contribution in [3.8, 4) is 12.1 Å². The molecule has 0 bridgehead atoms. The Kier molecular flexibility index (Phi) is 3.68. The van der Waals surface area contributed by atoms with Gasteiger partial charge in [-0.3, -0.25) is 0 Å². The van der Waals surface area contributed by atoms with Gasteiger partial charge in [0.15, 0.2) is 0 Å². The Hall–Kier alpha value is -2.27. The largest absolute Gasteiger partial charge is 0.396 e. The summed E-state index contributed by atoms with van der Waals surface area (Å²) in [6.45, 7) is 2.04. The number of nitrogen functional groups attached to an aromatic ring is 2. The lowest BCUT2D eigenvalue weighted by Gasteiger charge is -2.08. The fourth-order valence-corrected chi connectivity index (χ4v) is 1.44. The van der Waals surface area contributed by atoms with Gasteiger partial charge in [0.2, 0.25) is 0 Å². The molecule has 4 N–H and O–H groups in total. The molecule has 82 valence electrons. The molecule has 0 fully saturated rings. The molecule has 0 unspecified atom stereocenters. The van der Waals surface area contributed by atoms with Crippen LogP contribution in [0.3, 0.4) is 0 Å². The zero-order valence-electron chi connectivity index (χ0n) is 9.12. The molecule has 0 saturated carbocycles. The minimum Gasteiger partial charge on any atom is -0.396 e. The van der Waals surface area contributed by atoms with Crippen molar-refractivity contribution in [3.63, 3.8) is 0 Å². The lowest BCUT2D eigenvalue weighted by molar-refractivity contribution is 0.776. The first-order valence-electron chi connectivity index (χ1n) is 5.03. The summed E-state index contributed by atoms with van der Waals surface area (Å²) < 4.78 is 0. The average molecular weight is 215 g/mol. The highest BCUT2D eigenvalue weighted by Gasteiger charge is 2.15. The Balaban J connectivity index is 3.32. The standard InChI is InChI=1S/C11H13N5/c1-2-3-4-9-7(5-12)10(14)8(6-13)11(15)16-9/h2-4H2,1H3,(H4,14,15,16). The highest BCUT2D eigenvalue weighted by Crippen LogP contribution is 2.24. The van der Waals surface area contributed by atoms with Crippen LogP contribution in [0.2, 0.25) is 0 Å². The molecule has 1 aromatic heterocycles. The second-order valence-electron chi connectivity index (χ2n) is 3.43. The van der Waals surface area contributed by atoms with E-state index in [1.165, 1.54) is 0 Å². The molecule has 0 atom stereocenters.